The fourth-order valence-electron chi connectivity index (χ4n) is 2.46. The first-order valence-electron chi connectivity index (χ1n) is 7.10. The summed E-state index contributed by atoms with van der Waals surface area (Å²) in [4.78, 5) is 2.27. The van der Waals surface area contributed by atoms with E-state index in [0.29, 0.717) is 6.61 Å². The predicted octanol–water partition coefficient (Wildman–Crippen LogP) is 1.38. The Hall–Kier alpha value is -1.10. The standard InChI is InChI=1S/C15H24N2O2/c1-2-7-16-10-13-5-3-4-6-15(13)17-8-9-19-12-14(17)11-18/h3-6,14,16,18H,2,7-12H2,1H3. The van der Waals surface area contributed by atoms with Crippen LogP contribution < -0.4 is 10.2 Å². The first-order chi connectivity index (χ1) is 9.36. The summed E-state index contributed by atoms with van der Waals surface area (Å²) >= 11 is 0. The summed E-state index contributed by atoms with van der Waals surface area (Å²) in [5, 5.41) is 12.9. The molecule has 4 nitrogen and oxygen atoms in total. The molecule has 19 heavy (non-hydrogen) atoms. The third-order valence-electron chi connectivity index (χ3n) is 3.48. The van der Waals surface area contributed by atoms with Gasteiger partial charge in [-0.05, 0) is 24.6 Å². The van der Waals surface area contributed by atoms with Crippen LogP contribution in [0.5, 0.6) is 0 Å². The molecule has 0 spiro atoms. The first kappa shape index (κ1) is 14.3. The molecule has 1 fully saturated rings. The Morgan fingerprint density at radius 3 is 3.05 bits per heavy atom. The average Bonchev–Trinajstić information content (AvgIpc) is 2.48. The van der Waals surface area contributed by atoms with Gasteiger partial charge in [0.15, 0.2) is 0 Å². The van der Waals surface area contributed by atoms with Crippen LogP contribution in [0.3, 0.4) is 0 Å². The van der Waals surface area contributed by atoms with Crippen molar-refractivity contribution in [3.8, 4) is 0 Å². The second-order valence-corrected chi connectivity index (χ2v) is 4.91. The minimum Gasteiger partial charge on any atom is -0.394 e. The molecule has 0 amide bonds. The predicted molar refractivity (Wildman–Crippen MR) is 77.5 cm³/mol. The molecule has 1 saturated heterocycles. The number of nitrogens with zero attached hydrogens (tertiary/aromatic N) is 1. The lowest BCUT2D eigenvalue weighted by atomic mass is 10.1. The molecule has 1 aliphatic heterocycles. The molecule has 0 bridgehead atoms. The maximum atomic E-state index is 9.49. The van der Waals surface area contributed by atoms with Crippen molar-refractivity contribution in [2.24, 2.45) is 0 Å². The monoisotopic (exact) mass is 264 g/mol. The molecule has 4 heteroatoms. The molecular formula is C15H24N2O2. The normalized spacial score (nSPS) is 19.7. The number of hydrogen-bond donors (Lipinski definition) is 2. The summed E-state index contributed by atoms with van der Waals surface area (Å²) in [6, 6.07) is 8.49. The second-order valence-electron chi connectivity index (χ2n) is 4.91. The summed E-state index contributed by atoms with van der Waals surface area (Å²) < 4.78 is 5.45. The number of aliphatic hydroxyl groups is 1. The molecule has 0 radical (unpaired) electrons. The maximum absolute atomic E-state index is 9.49. The molecule has 1 heterocycles. The van der Waals surface area contributed by atoms with Crippen molar-refractivity contribution in [3.63, 3.8) is 0 Å². The molecule has 106 valence electrons. The molecule has 0 saturated carbocycles. The highest BCUT2D eigenvalue weighted by molar-refractivity contribution is 5.54. The topological polar surface area (TPSA) is 44.7 Å². The van der Waals surface area contributed by atoms with E-state index < -0.39 is 0 Å². The van der Waals surface area contributed by atoms with Crippen molar-refractivity contribution in [2.45, 2.75) is 25.9 Å². The fraction of sp³-hybridized carbons (Fsp3) is 0.600. The van der Waals surface area contributed by atoms with E-state index in [1.54, 1.807) is 0 Å². The number of morpholine rings is 1. The van der Waals surface area contributed by atoms with E-state index in [2.05, 4.69) is 41.4 Å². The van der Waals surface area contributed by atoms with Gasteiger partial charge in [-0.25, -0.2) is 0 Å². The first-order valence-corrected chi connectivity index (χ1v) is 7.10. The number of benzene rings is 1. The van der Waals surface area contributed by atoms with Crippen LogP contribution in [0.15, 0.2) is 24.3 Å². The Morgan fingerprint density at radius 2 is 2.26 bits per heavy atom. The van der Waals surface area contributed by atoms with Crippen LogP contribution >= 0.6 is 0 Å². The average molecular weight is 264 g/mol. The van der Waals surface area contributed by atoms with Crippen LogP contribution in [-0.4, -0.2) is 44.1 Å². The number of nitrogens with one attached hydrogen (secondary N) is 1. The van der Waals surface area contributed by atoms with Crippen LogP contribution in [0.1, 0.15) is 18.9 Å². The molecule has 1 aromatic carbocycles. The largest absolute Gasteiger partial charge is 0.394 e. The van der Waals surface area contributed by atoms with Crippen molar-refractivity contribution in [2.75, 3.05) is 37.8 Å². The molecule has 1 aromatic rings. The van der Waals surface area contributed by atoms with Crippen LogP contribution in [-0.2, 0) is 11.3 Å². The van der Waals surface area contributed by atoms with Gasteiger partial charge in [-0.15, -0.1) is 0 Å². The minimum absolute atomic E-state index is 0.0704. The molecule has 2 N–H and O–H groups in total. The fourth-order valence-corrected chi connectivity index (χ4v) is 2.46. The molecule has 1 aliphatic rings. The van der Waals surface area contributed by atoms with Gasteiger partial charge < -0.3 is 20.1 Å². The number of aliphatic hydroxyl groups excluding tert-OH is 1. The number of para-hydroxylation sites is 1. The molecule has 2 rings (SSSR count). The number of rotatable bonds is 6. The van der Waals surface area contributed by atoms with Crippen LogP contribution in [0.25, 0.3) is 0 Å². The highest BCUT2D eigenvalue weighted by Crippen LogP contribution is 2.24. The van der Waals surface area contributed by atoms with E-state index >= 15 is 0 Å². The lowest BCUT2D eigenvalue weighted by Gasteiger charge is -2.37. The summed E-state index contributed by atoms with van der Waals surface area (Å²) in [6.07, 6.45) is 1.14. The number of hydrogen-bond acceptors (Lipinski definition) is 4. The van der Waals surface area contributed by atoms with Gasteiger partial charge in [0, 0.05) is 18.8 Å². The summed E-state index contributed by atoms with van der Waals surface area (Å²) in [5.74, 6) is 0. The van der Waals surface area contributed by atoms with E-state index in [0.717, 1.165) is 32.7 Å². The van der Waals surface area contributed by atoms with E-state index in [4.69, 9.17) is 4.74 Å². The number of anilines is 1. The molecular weight excluding hydrogens is 240 g/mol. The van der Waals surface area contributed by atoms with E-state index in [1.807, 2.05) is 0 Å². The molecule has 0 aliphatic carbocycles. The highest BCUT2D eigenvalue weighted by Gasteiger charge is 2.23. The van der Waals surface area contributed by atoms with Gasteiger partial charge in [0.25, 0.3) is 0 Å². The van der Waals surface area contributed by atoms with Crippen molar-refractivity contribution in [1.29, 1.82) is 0 Å². The van der Waals surface area contributed by atoms with E-state index in [-0.39, 0.29) is 12.6 Å². The third-order valence-corrected chi connectivity index (χ3v) is 3.48. The Kier molecular flexibility index (Phi) is 5.63. The zero-order valence-corrected chi connectivity index (χ0v) is 11.6. The zero-order valence-electron chi connectivity index (χ0n) is 11.6. The molecule has 1 unspecified atom stereocenters. The van der Waals surface area contributed by atoms with Gasteiger partial charge >= 0.3 is 0 Å². The van der Waals surface area contributed by atoms with Crippen LogP contribution in [0.2, 0.25) is 0 Å². The minimum atomic E-state index is 0.0704. The van der Waals surface area contributed by atoms with Crippen molar-refractivity contribution >= 4 is 5.69 Å². The molecule has 1 atom stereocenters. The van der Waals surface area contributed by atoms with Gasteiger partial charge in [-0.2, -0.15) is 0 Å². The smallest absolute Gasteiger partial charge is 0.0755 e. The van der Waals surface area contributed by atoms with Gasteiger partial charge in [0.2, 0.25) is 0 Å². The van der Waals surface area contributed by atoms with Gasteiger partial charge in [0.05, 0.1) is 25.9 Å². The van der Waals surface area contributed by atoms with Crippen molar-refractivity contribution in [1.82, 2.24) is 5.32 Å². The van der Waals surface area contributed by atoms with Crippen molar-refractivity contribution < 1.29 is 9.84 Å². The van der Waals surface area contributed by atoms with Crippen LogP contribution in [0.4, 0.5) is 5.69 Å². The Bertz CT molecular complexity index is 384. The van der Waals surface area contributed by atoms with Crippen molar-refractivity contribution in [3.05, 3.63) is 29.8 Å². The SMILES string of the molecule is CCCNCc1ccccc1N1CCOCC1CO. The quantitative estimate of drug-likeness (QED) is 0.762. The Labute approximate surface area is 115 Å². The Morgan fingerprint density at radius 1 is 1.42 bits per heavy atom. The van der Waals surface area contributed by atoms with Crippen LogP contribution in [0, 0.1) is 0 Å². The van der Waals surface area contributed by atoms with E-state index in [1.165, 1.54) is 11.3 Å². The lowest BCUT2D eigenvalue weighted by Crippen LogP contribution is -2.48. The maximum Gasteiger partial charge on any atom is 0.0755 e. The molecule has 0 aromatic heterocycles. The summed E-state index contributed by atoms with van der Waals surface area (Å²) in [5.41, 5.74) is 2.50. The lowest BCUT2D eigenvalue weighted by molar-refractivity contribution is 0.0726. The Balaban J connectivity index is 2.12. The zero-order chi connectivity index (χ0) is 13.5. The second kappa shape index (κ2) is 7.48. The summed E-state index contributed by atoms with van der Waals surface area (Å²) in [6.45, 7) is 6.39. The van der Waals surface area contributed by atoms with Gasteiger partial charge in [-0.1, -0.05) is 25.1 Å². The third kappa shape index (κ3) is 3.69. The number of ether oxygens (including phenoxy) is 1. The van der Waals surface area contributed by atoms with E-state index in [9.17, 15) is 5.11 Å². The van der Waals surface area contributed by atoms with Gasteiger partial charge in [-0.3, -0.25) is 0 Å². The highest BCUT2D eigenvalue weighted by atomic mass is 16.5. The van der Waals surface area contributed by atoms with Gasteiger partial charge in [0.1, 0.15) is 0 Å². The summed E-state index contributed by atoms with van der Waals surface area (Å²) in [7, 11) is 0.